The van der Waals surface area contributed by atoms with E-state index in [4.69, 9.17) is 40.5 Å². The van der Waals surface area contributed by atoms with Crippen molar-refractivity contribution in [3.8, 4) is 0 Å². The number of anilines is 3. The highest BCUT2D eigenvalue weighted by molar-refractivity contribution is 6.32. The summed E-state index contributed by atoms with van der Waals surface area (Å²) in [7, 11) is 3.10. The molecule has 0 spiro atoms. The molecule has 4 aromatic rings. The molecule has 0 aliphatic carbocycles. The molecule has 5 N–H and O–H groups in total. The molecule has 0 fully saturated rings. The van der Waals surface area contributed by atoms with Gasteiger partial charge in [0.1, 0.15) is 21.4 Å². The Bertz CT molecular complexity index is 1610. The van der Waals surface area contributed by atoms with Crippen LogP contribution in [0.5, 0.6) is 0 Å². The quantitative estimate of drug-likeness (QED) is 0.0799. The van der Waals surface area contributed by atoms with Gasteiger partial charge in [0.15, 0.2) is 0 Å². The fourth-order valence-electron chi connectivity index (χ4n) is 2.90. The highest BCUT2D eigenvalue weighted by atomic mass is 35.5. The van der Waals surface area contributed by atoms with Gasteiger partial charge in [0, 0.05) is 49.0 Å². The van der Waals surface area contributed by atoms with Crippen molar-refractivity contribution in [2.45, 2.75) is 12.4 Å². The number of nitrogen functional groups attached to an aromatic ring is 1. The lowest BCUT2D eigenvalue weighted by Crippen LogP contribution is -2.17. The number of nitrogens with one attached hydrogen (secondary N) is 3. The molecule has 19 heteroatoms. The smallest absolute Gasteiger partial charge is 0.399 e. The van der Waals surface area contributed by atoms with Gasteiger partial charge in [-0.1, -0.05) is 23.2 Å². The van der Waals surface area contributed by atoms with Crippen LogP contribution in [-0.4, -0.2) is 45.8 Å². The largest absolute Gasteiger partial charge is 0.420 e. The van der Waals surface area contributed by atoms with Gasteiger partial charge in [-0.05, 0) is 60.1 Å². The summed E-state index contributed by atoms with van der Waals surface area (Å²) in [6.45, 7) is 0. The van der Waals surface area contributed by atoms with Crippen molar-refractivity contribution in [3.05, 3.63) is 98.8 Å². The van der Waals surface area contributed by atoms with Gasteiger partial charge in [0.05, 0.1) is 0 Å². The number of carbonyl (C=O) groups is 2. The van der Waals surface area contributed by atoms with Crippen LogP contribution in [0.25, 0.3) is 0 Å². The average Bonchev–Trinajstić information content (AvgIpc) is 2.96. The maximum Gasteiger partial charge on any atom is 0.420 e. The van der Waals surface area contributed by atoms with E-state index < -0.39 is 33.8 Å². The summed E-state index contributed by atoms with van der Waals surface area (Å²) in [6, 6.07) is 13.0. The van der Waals surface area contributed by atoms with Crippen LogP contribution >= 0.6 is 34.8 Å². The Morgan fingerprint density at radius 2 is 1.11 bits per heavy atom. The van der Waals surface area contributed by atoms with E-state index >= 15 is 0 Å². The Labute approximate surface area is 266 Å². The van der Waals surface area contributed by atoms with Crippen molar-refractivity contribution in [3.63, 3.8) is 0 Å². The lowest BCUT2D eigenvalue weighted by molar-refractivity contribution is -0.138. The minimum absolute atomic E-state index is 0.0781. The lowest BCUT2D eigenvalue weighted by Gasteiger charge is -2.10. The predicted molar refractivity (Wildman–Crippen MR) is 156 cm³/mol. The van der Waals surface area contributed by atoms with Crippen LogP contribution < -0.4 is 21.7 Å². The highest BCUT2D eigenvalue weighted by Crippen LogP contribution is 2.34. The van der Waals surface area contributed by atoms with Gasteiger partial charge < -0.3 is 21.7 Å². The van der Waals surface area contributed by atoms with Crippen LogP contribution in [0.1, 0.15) is 31.8 Å². The first kappa shape index (κ1) is 36.8. The molecule has 0 atom stereocenters. The van der Waals surface area contributed by atoms with Crippen LogP contribution in [0.2, 0.25) is 15.6 Å². The number of benzene rings is 2. The van der Waals surface area contributed by atoms with Gasteiger partial charge in [-0.2, -0.15) is 26.3 Å². The number of alkyl halides is 6. The maximum absolute atomic E-state index is 12.5. The maximum atomic E-state index is 12.5. The zero-order chi connectivity index (χ0) is 33.9. The van der Waals surface area contributed by atoms with E-state index in [9.17, 15) is 35.9 Å². The SMILES string of the molecule is CNC(=O)c1ccc(N)cc1.CNC(=O)c1ccc(Nc2ncc(C(F)(F)F)c(Cl)n2)cc1.FC(F)(F)c1cnc(Cl)nc1Cl. The predicted octanol–water partition coefficient (Wildman–Crippen LogP) is 6.68. The zero-order valence-electron chi connectivity index (χ0n) is 22.9. The summed E-state index contributed by atoms with van der Waals surface area (Å²) in [5.74, 6) is -0.420. The molecule has 0 saturated carbocycles. The van der Waals surface area contributed by atoms with E-state index in [-0.39, 0.29) is 23.0 Å². The molecular weight excluding hydrogens is 677 g/mol. The van der Waals surface area contributed by atoms with Gasteiger partial charge in [-0.15, -0.1) is 0 Å². The number of nitrogens with two attached hydrogens (primary N) is 1. The van der Waals surface area contributed by atoms with Crippen molar-refractivity contribution in [1.82, 2.24) is 30.6 Å². The Kier molecular flexibility index (Phi) is 13.1. The Morgan fingerprint density at radius 1 is 0.689 bits per heavy atom. The Hall–Kier alpha value is -4.41. The number of hydrogen-bond acceptors (Lipinski definition) is 8. The minimum atomic E-state index is -4.61. The summed E-state index contributed by atoms with van der Waals surface area (Å²) < 4.78 is 73.5. The van der Waals surface area contributed by atoms with Crippen molar-refractivity contribution < 1.29 is 35.9 Å². The van der Waals surface area contributed by atoms with E-state index in [0.29, 0.717) is 34.9 Å². The van der Waals surface area contributed by atoms with E-state index in [1.54, 1.807) is 55.6 Å². The van der Waals surface area contributed by atoms with Crippen molar-refractivity contribution >= 4 is 63.9 Å². The number of aromatic nitrogens is 4. The molecule has 2 amide bonds. The fourth-order valence-corrected chi connectivity index (χ4v) is 3.55. The number of amides is 2. The number of hydrogen-bond donors (Lipinski definition) is 4. The van der Waals surface area contributed by atoms with Gasteiger partial charge in [0.2, 0.25) is 11.2 Å². The molecule has 2 aromatic heterocycles. The first-order valence-corrected chi connectivity index (χ1v) is 13.1. The second-order valence-corrected chi connectivity index (χ2v) is 9.27. The lowest BCUT2D eigenvalue weighted by atomic mass is 10.2. The highest BCUT2D eigenvalue weighted by Gasteiger charge is 2.35. The molecule has 240 valence electrons. The summed E-state index contributed by atoms with van der Waals surface area (Å²) in [6.07, 6.45) is -8.00. The monoisotopic (exact) mass is 696 g/mol. The molecule has 0 aliphatic rings. The first-order valence-electron chi connectivity index (χ1n) is 12.0. The summed E-state index contributed by atoms with van der Waals surface area (Å²) >= 11 is 15.9. The summed E-state index contributed by atoms with van der Waals surface area (Å²) in [4.78, 5) is 35.8. The van der Waals surface area contributed by atoms with Gasteiger partial charge in [-0.25, -0.2) is 19.9 Å². The number of halogens is 9. The van der Waals surface area contributed by atoms with Crippen LogP contribution in [0.4, 0.5) is 43.7 Å². The number of carbonyl (C=O) groups excluding carboxylic acids is 2. The van der Waals surface area contributed by atoms with Gasteiger partial charge in [0.25, 0.3) is 11.8 Å². The summed E-state index contributed by atoms with van der Waals surface area (Å²) in [5, 5.41) is 6.00. The normalized spacial score (nSPS) is 10.8. The molecule has 2 aromatic carbocycles. The van der Waals surface area contributed by atoms with E-state index in [2.05, 4.69) is 35.9 Å². The van der Waals surface area contributed by atoms with Crippen molar-refractivity contribution in [1.29, 1.82) is 0 Å². The third-order valence-corrected chi connectivity index (χ3v) is 5.85. The van der Waals surface area contributed by atoms with E-state index in [1.807, 2.05) is 0 Å². The first-order chi connectivity index (χ1) is 21.0. The molecule has 4 rings (SSSR count). The van der Waals surface area contributed by atoms with Crippen molar-refractivity contribution in [2.75, 3.05) is 25.1 Å². The van der Waals surface area contributed by atoms with E-state index in [1.165, 1.54) is 7.05 Å². The van der Waals surface area contributed by atoms with E-state index in [0.717, 1.165) is 0 Å². The van der Waals surface area contributed by atoms with Crippen LogP contribution in [0.15, 0.2) is 60.9 Å². The standard InChI is InChI=1S/C13H10ClF3N4O.C8H10N2O.C5HCl2F3N2/c1-18-11(22)7-2-4-8(5-3-7)20-12-19-6-9(10(14)21-12)13(15,16)17;1-10-8(11)6-2-4-7(9)5-3-6;6-3-2(5(8,9)10)1-11-4(7)12-3/h2-6H,1H3,(H,18,22)(H,19,20,21);2-5H,9H2,1H3,(H,10,11);1H. The molecule has 0 radical (unpaired) electrons. The second-order valence-electron chi connectivity index (χ2n) is 8.22. The molecule has 10 nitrogen and oxygen atoms in total. The second kappa shape index (κ2) is 16.1. The van der Waals surface area contributed by atoms with Gasteiger partial charge >= 0.3 is 12.4 Å². The van der Waals surface area contributed by atoms with Gasteiger partial charge in [-0.3, -0.25) is 9.59 Å². The molecule has 0 aliphatic heterocycles. The number of nitrogens with zero attached hydrogens (tertiary/aromatic N) is 4. The number of rotatable bonds is 4. The fraction of sp³-hybridized carbons (Fsp3) is 0.154. The Morgan fingerprint density at radius 3 is 1.51 bits per heavy atom. The van der Waals surface area contributed by atoms with Crippen LogP contribution in [0.3, 0.4) is 0 Å². The third-order valence-electron chi connectivity index (χ3n) is 5.10. The molecule has 0 bridgehead atoms. The molecular formula is C26H21Cl3F6N8O2. The van der Waals surface area contributed by atoms with Crippen LogP contribution in [-0.2, 0) is 12.4 Å². The summed E-state index contributed by atoms with van der Waals surface area (Å²) in [5.41, 5.74) is 5.48. The molecule has 45 heavy (non-hydrogen) atoms. The zero-order valence-corrected chi connectivity index (χ0v) is 25.1. The minimum Gasteiger partial charge on any atom is -0.399 e. The molecule has 0 saturated heterocycles. The third kappa shape index (κ3) is 11.6. The van der Waals surface area contributed by atoms with Crippen LogP contribution in [0, 0.1) is 0 Å². The topological polar surface area (TPSA) is 148 Å². The van der Waals surface area contributed by atoms with Crippen molar-refractivity contribution in [2.24, 2.45) is 0 Å². The average molecular weight is 698 g/mol. The molecule has 0 unspecified atom stereocenters. The molecule has 2 heterocycles. The Balaban J connectivity index is 0.000000259.